The van der Waals surface area contributed by atoms with Crippen LogP contribution in [-0.2, 0) is 13.6 Å². The van der Waals surface area contributed by atoms with Gasteiger partial charge in [-0.25, -0.2) is 0 Å². The molecule has 2 rings (SSSR count). The monoisotopic (exact) mass is 249 g/mol. The van der Waals surface area contributed by atoms with E-state index in [2.05, 4.69) is 20.7 Å². The fraction of sp³-hybridized carbons (Fsp3) is 0.692. The minimum atomic E-state index is 0.582. The van der Waals surface area contributed by atoms with E-state index >= 15 is 0 Å². The highest BCUT2D eigenvalue weighted by Gasteiger charge is 2.14. The number of nitrogens with one attached hydrogen (secondary N) is 2. The molecule has 0 aliphatic heterocycles. The number of hydrogen-bond donors (Lipinski definition) is 2. The van der Waals surface area contributed by atoms with Gasteiger partial charge in [0.15, 0.2) is 5.96 Å². The normalized spacial score (nSPS) is 17.8. The molecule has 0 aromatic carbocycles. The van der Waals surface area contributed by atoms with Gasteiger partial charge in [0.25, 0.3) is 0 Å². The lowest BCUT2D eigenvalue weighted by atomic mass is 9.96. The predicted octanol–water partition coefficient (Wildman–Crippen LogP) is 1.42. The molecule has 0 amide bonds. The summed E-state index contributed by atoms with van der Waals surface area (Å²) in [5.74, 6) is 0.894. The van der Waals surface area contributed by atoms with E-state index in [1.807, 2.05) is 31.2 Å². The minimum Gasteiger partial charge on any atom is -0.354 e. The van der Waals surface area contributed by atoms with Gasteiger partial charge in [0.2, 0.25) is 0 Å². The van der Waals surface area contributed by atoms with Crippen LogP contribution in [0.15, 0.2) is 17.4 Å². The summed E-state index contributed by atoms with van der Waals surface area (Å²) >= 11 is 0. The van der Waals surface area contributed by atoms with Crippen molar-refractivity contribution in [3.05, 3.63) is 18.0 Å². The van der Waals surface area contributed by atoms with Crippen LogP contribution in [0, 0.1) is 0 Å². The van der Waals surface area contributed by atoms with Gasteiger partial charge >= 0.3 is 0 Å². The van der Waals surface area contributed by atoms with Crippen LogP contribution in [0.3, 0.4) is 0 Å². The van der Waals surface area contributed by atoms with Gasteiger partial charge in [0.1, 0.15) is 0 Å². The van der Waals surface area contributed by atoms with Crippen LogP contribution in [0.1, 0.15) is 37.7 Å². The third-order valence-electron chi connectivity index (χ3n) is 3.39. The molecule has 1 fully saturated rings. The Bertz CT molecular complexity index is 390. The van der Waals surface area contributed by atoms with E-state index < -0.39 is 0 Å². The third kappa shape index (κ3) is 3.75. The fourth-order valence-electron chi connectivity index (χ4n) is 2.38. The highest BCUT2D eigenvalue weighted by molar-refractivity contribution is 5.79. The zero-order valence-electron chi connectivity index (χ0n) is 11.3. The largest absolute Gasteiger partial charge is 0.354 e. The van der Waals surface area contributed by atoms with Crippen molar-refractivity contribution in [2.24, 2.45) is 12.0 Å². The van der Waals surface area contributed by atoms with Crippen LogP contribution < -0.4 is 10.6 Å². The van der Waals surface area contributed by atoms with Gasteiger partial charge < -0.3 is 10.6 Å². The van der Waals surface area contributed by atoms with Crippen molar-refractivity contribution in [3.63, 3.8) is 0 Å². The Labute approximate surface area is 109 Å². The minimum absolute atomic E-state index is 0.582. The van der Waals surface area contributed by atoms with Crippen LogP contribution in [0.2, 0.25) is 0 Å². The summed E-state index contributed by atoms with van der Waals surface area (Å²) in [4.78, 5) is 4.27. The van der Waals surface area contributed by atoms with E-state index in [-0.39, 0.29) is 0 Å². The van der Waals surface area contributed by atoms with Crippen LogP contribution in [0.25, 0.3) is 0 Å². The summed E-state index contributed by atoms with van der Waals surface area (Å²) in [7, 11) is 3.75. The fourth-order valence-corrected chi connectivity index (χ4v) is 2.38. The second kappa shape index (κ2) is 6.42. The Morgan fingerprint density at radius 2 is 2.22 bits per heavy atom. The maximum atomic E-state index is 4.27. The zero-order chi connectivity index (χ0) is 12.8. The quantitative estimate of drug-likeness (QED) is 0.629. The van der Waals surface area contributed by atoms with Gasteiger partial charge in [-0.05, 0) is 12.8 Å². The van der Waals surface area contributed by atoms with Gasteiger partial charge in [-0.1, -0.05) is 19.3 Å². The van der Waals surface area contributed by atoms with Gasteiger partial charge in [0, 0.05) is 38.4 Å². The number of hydrogen-bond acceptors (Lipinski definition) is 2. The predicted molar refractivity (Wildman–Crippen MR) is 73.4 cm³/mol. The molecule has 0 saturated heterocycles. The molecular weight excluding hydrogens is 226 g/mol. The van der Waals surface area contributed by atoms with Crippen molar-refractivity contribution in [2.45, 2.75) is 44.7 Å². The highest BCUT2D eigenvalue weighted by atomic mass is 15.2. The number of nitrogens with zero attached hydrogens (tertiary/aromatic N) is 3. The number of guanidine groups is 1. The SMILES string of the molecule is CN=C(NCc1cnn(C)c1)NC1CCCCC1. The maximum absolute atomic E-state index is 4.27. The van der Waals surface area contributed by atoms with Crippen molar-refractivity contribution in [1.29, 1.82) is 0 Å². The zero-order valence-corrected chi connectivity index (χ0v) is 11.3. The molecule has 0 spiro atoms. The average Bonchev–Trinajstić information content (AvgIpc) is 2.81. The third-order valence-corrected chi connectivity index (χ3v) is 3.39. The first kappa shape index (κ1) is 12.9. The van der Waals surface area contributed by atoms with Crippen LogP contribution >= 0.6 is 0 Å². The Morgan fingerprint density at radius 1 is 1.44 bits per heavy atom. The summed E-state index contributed by atoms with van der Waals surface area (Å²) in [5.41, 5.74) is 1.17. The maximum Gasteiger partial charge on any atom is 0.191 e. The Balaban J connectivity index is 1.78. The van der Waals surface area contributed by atoms with Crippen molar-refractivity contribution in [3.8, 4) is 0 Å². The van der Waals surface area contributed by atoms with Gasteiger partial charge in [-0.3, -0.25) is 9.67 Å². The van der Waals surface area contributed by atoms with Gasteiger partial charge in [-0.15, -0.1) is 0 Å². The van der Waals surface area contributed by atoms with Crippen molar-refractivity contribution in [1.82, 2.24) is 20.4 Å². The van der Waals surface area contributed by atoms with E-state index in [9.17, 15) is 0 Å². The van der Waals surface area contributed by atoms with E-state index in [1.165, 1.54) is 37.7 Å². The van der Waals surface area contributed by atoms with Crippen LogP contribution in [0.4, 0.5) is 0 Å². The number of rotatable bonds is 3. The second-order valence-corrected chi connectivity index (χ2v) is 4.93. The Morgan fingerprint density at radius 3 is 2.83 bits per heavy atom. The molecule has 1 aliphatic carbocycles. The molecule has 0 bridgehead atoms. The first-order chi connectivity index (χ1) is 8.78. The first-order valence-electron chi connectivity index (χ1n) is 6.72. The number of aromatic nitrogens is 2. The first-order valence-corrected chi connectivity index (χ1v) is 6.72. The standard InChI is InChI=1S/C13H23N5/c1-14-13(17-12-6-4-3-5-7-12)15-8-11-9-16-18(2)10-11/h9-10,12H,3-8H2,1-2H3,(H2,14,15,17). The lowest BCUT2D eigenvalue weighted by Crippen LogP contribution is -2.43. The lowest BCUT2D eigenvalue weighted by molar-refractivity contribution is 0.410. The molecule has 1 aromatic rings. The second-order valence-electron chi connectivity index (χ2n) is 4.93. The number of aliphatic imine (C=N–C) groups is 1. The van der Waals surface area contributed by atoms with Crippen LogP contribution in [-0.4, -0.2) is 28.8 Å². The van der Waals surface area contributed by atoms with Crippen LogP contribution in [0.5, 0.6) is 0 Å². The van der Waals surface area contributed by atoms with Gasteiger partial charge in [-0.2, -0.15) is 5.10 Å². The molecule has 1 aromatic heterocycles. The summed E-state index contributed by atoms with van der Waals surface area (Å²) < 4.78 is 1.81. The molecule has 0 atom stereocenters. The summed E-state index contributed by atoms with van der Waals surface area (Å²) in [6, 6.07) is 0.582. The van der Waals surface area contributed by atoms with E-state index in [0.29, 0.717) is 6.04 Å². The Kier molecular flexibility index (Phi) is 4.61. The summed E-state index contributed by atoms with van der Waals surface area (Å²) in [6.07, 6.45) is 10.4. The van der Waals surface area contributed by atoms with E-state index in [1.54, 1.807) is 0 Å². The highest BCUT2D eigenvalue weighted by Crippen LogP contribution is 2.17. The molecule has 5 heteroatoms. The van der Waals surface area contributed by atoms with Gasteiger partial charge in [0.05, 0.1) is 6.20 Å². The molecule has 1 heterocycles. The smallest absolute Gasteiger partial charge is 0.191 e. The molecule has 2 N–H and O–H groups in total. The van der Waals surface area contributed by atoms with Crippen molar-refractivity contribution >= 4 is 5.96 Å². The topological polar surface area (TPSA) is 54.2 Å². The van der Waals surface area contributed by atoms with Crippen molar-refractivity contribution < 1.29 is 0 Å². The summed E-state index contributed by atoms with van der Waals surface area (Å²) in [5, 5.41) is 11.0. The molecule has 1 aliphatic rings. The molecule has 1 saturated carbocycles. The molecular formula is C13H23N5. The lowest BCUT2D eigenvalue weighted by Gasteiger charge is -2.24. The number of aryl methyl sites for hydroxylation is 1. The average molecular weight is 249 g/mol. The molecule has 100 valence electrons. The molecule has 0 unspecified atom stereocenters. The molecule has 5 nitrogen and oxygen atoms in total. The van der Waals surface area contributed by atoms with E-state index in [4.69, 9.17) is 0 Å². The van der Waals surface area contributed by atoms with Crippen molar-refractivity contribution in [2.75, 3.05) is 7.05 Å². The molecule has 18 heavy (non-hydrogen) atoms. The summed E-state index contributed by atoms with van der Waals surface area (Å²) in [6.45, 7) is 0.764. The Hall–Kier alpha value is -1.52. The molecule has 0 radical (unpaired) electrons. The van der Waals surface area contributed by atoms with E-state index in [0.717, 1.165) is 12.5 Å².